The third kappa shape index (κ3) is 5.67. The van der Waals surface area contributed by atoms with Gasteiger partial charge in [-0.25, -0.2) is 8.42 Å². The number of rotatable bonds is 5. The van der Waals surface area contributed by atoms with E-state index in [1.165, 1.54) is 10.4 Å². The number of aliphatic hydroxyl groups excluding tert-OH is 1. The summed E-state index contributed by atoms with van der Waals surface area (Å²) in [6, 6.07) is 7.81. The van der Waals surface area contributed by atoms with Crippen molar-refractivity contribution >= 4 is 15.9 Å². The van der Waals surface area contributed by atoms with Crippen LogP contribution in [0, 0.1) is 23.7 Å². The van der Waals surface area contributed by atoms with E-state index in [-0.39, 0.29) is 41.5 Å². The van der Waals surface area contributed by atoms with Gasteiger partial charge in [-0.15, -0.1) is 0 Å². The monoisotopic (exact) mass is 497 g/mol. The summed E-state index contributed by atoms with van der Waals surface area (Å²) in [6.45, 7) is 3.79. The molecular formula is C26H31N3O5S. The topological polar surface area (TPSA) is 100 Å². The third-order valence-electron chi connectivity index (χ3n) is 6.44. The van der Waals surface area contributed by atoms with Crippen molar-refractivity contribution in [3.05, 3.63) is 53.9 Å². The van der Waals surface area contributed by atoms with Gasteiger partial charge >= 0.3 is 0 Å². The number of carbonyl (C=O) groups excluding carboxylic acids is 1. The summed E-state index contributed by atoms with van der Waals surface area (Å²) >= 11 is 0. The van der Waals surface area contributed by atoms with Crippen LogP contribution in [0.4, 0.5) is 0 Å². The van der Waals surface area contributed by atoms with E-state index >= 15 is 0 Å². The molecule has 0 saturated heterocycles. The van der Waals surface area contributed by atoms with Gasteiger partial charge in [0.1, 0.15) is 16.7 Å². The first kappa shape index (κ1) is 25.2. The number of ether oxygens (including phenoxy) is 1. The summed E-state index contributed by atoms with van der Waals surface area (Å²) in [5.41, 5.74) is 1.33. The summed E-state index contributed by atoms with van der Waals surface area (Å²) in [5.74, 6) is 6.21. The van der Waals surface area contributed by atoms with Crippen LogP contribution in [0.25, 0.3) is 0 Å². The first-order valence-corrected chi connectivity index (χ1v) is 13.2. The van der Waals surface area contributed by atoms with Gasteiger partial charge in [-0.3, -0.25) is 9.78 Å². The summed E-state index contributed by atoms with van der Waals surface area (Å²) in [6.07, 6.45) is 4.70. The van der Waals surface area contributed by atoms with Crippen LogP contribution >= 0.6 is 0 Å². The first-order chi connectivity index (χ1) is 16.7. The molecule has 3 atom stereocenters. The van der Waals surface area contributed by atoms with Crippen LogP contribution in [0.2, 0.25) is 0 Å². The highest BCUT2D eigenvalue weighted by atomic mass is 32.2. The van der Waals surface area contributed by atoms with Crippen LogP contribution in [0.15, 0.2) is 47.6 Å². The van der Waals surface area contributed by atoms with Crippen molar-refractivity contribution in [2.45, 2.75) is 43.7 Å². The van der Waals surface area contributed by atoms with Crippen LogP contribution in [-0.2, 0) is 14.8 Å². The number of carbonyl (C=O) groups is 1. The molecule has 0 bridgehead atoms. The SMILES string of the molecule is C[C@H]1CN([C@@H](C)CO)S(=O)(=O)c2ccc(C#Cc3cccnc3)cc2O[C@H]1CN(C)C(=O)C1CC1. The predicted molar refractivity (Wildman–Crippen MR) is 131 cm³/mol. The van der Waals surface area contributed by atoms with Crippen molar-refractivity contribution in [2.75, 3.05) is 26.7 Å². The van der Waals surface area contributed by atoms with Gasteiger partial charge in [0.25, 0.3) is 0 Å². The smallest absolute Gasteiger partial charge is 0.247 e. The molecule has 0 radical (unpaired) electrons. The van der Waals surface area contributed by atoms with E-state index in [1.807, 2.05) is 13.0 Å². The highest BCUT2D eigenvalue weighted by molar-refractivity contribution is 7.89. The zero-order valence-corrected chi connectivity index (χ0v) is 21.0. The lowest BCUT2D eigenvalue weighted by Crippen LogP contribution is -2.50. The zero-order chi connectivity index (χ0) is 25.2. The molecule has 4 rings (SSSR count). The van der Waals surface area contributed by atoms with Crippen LogP contribution in [0.5, 0.6) is 5.75 Å². The van der Waals surface area contributed by atoms with E-state index in [2.05, 4.69) is 16.8 Å². The predicted octanol–water partition coefficient (Wildman–Crippen LogP) is 2.12. The van der Waals surface area contributed by atoms with Crippen molar-refractivity contribution in [2.24, 2.45) is 11.8 Å². The molecule has 1 aliphatic carbocycles. The number of pyridine rings is 1. The fourth-order valence-electron chi connectivity index (χ4n) is 4.10. The number of hydrogen-bond donors (Lipinski definition) is 1. The lowest BCUT2D eigenvalue weighted by molar-refractivity contribution is -0.132. The van der Waals surface area contributed by atoms with Gasteiger partial charge < -0.3 is 14.7 Å². The molecule has 2 heterocycles. The maximum atomic E-state index is 13.6. The number of likely N-dealkylation sites (N-methyl/N-ethyl adjacent to an activating group) is 1. The van der Waals surface area contributed by atoms with E-state index in [0.717, 1.165) is 18.4 Å². The molecular weight excluding hydrogens is 466 g/mol. The lowest BCUT2D eigenvalue weighted by atomic mass is 10.0. The number of aromatic nitrogens is 1. The number of sulfonamides is 1. The minimum Gasteiger partial charge on any atom is -0.487 e. The van der Waals surface area contributed by atoms with Gasteiger partial charge in [0, 0.05) is 55.0 Å². The Morgan fingerprint density at radius 2 is 2.03 bits per heavy atom. The van der Waals surface area contributed by atoms with E-state index in [4.69, 9.17) is 4.74 Å². The zero-order valence-electron chi connectivity index (χ0n) is 20.2. The number of fused-ring (bicyclic) bond motifs is 1. The lowest BCUT2D eigenvalue weighted by Gasteiger charge is -2.37. The molecule has 1 saturated carbocycles. The normalized spacial score (nSPS) is 22.4. The maximum Gasteiger partial charge on any atom is 0.247 e. The number of aliphatic hydroxyl groups is 1. The number of benzene rings is 1. The molecule has 8 nitrogen and oxygen atoms in total. The van der Waals surface area contributed by atoms with Crippen molar-refractivity contribution in [1.82, 2.24) is 14.2 Å². The van der Waals surface area contributed by atoms with Crippen LogP contribution < -0.4 is 4.74 Å². The quantitative estimate of drug-likeness (QED) is 0.636. The average Bonchev–Trinajstić information content (AvgIpc) is 3.70. The molecule has 1 amide bonds. The molecule has 0 spiro atoms. The van der Waals surface area contributed by atoms with Crippen molar-refractivity contribution < 1.29 is 23.1 Å². The second-order valence-corrected chi connectivity index (χ2v) is 11.2. The highest BCUT2D eigenvalue weighted by Gasteiger charge is 2.39. The van der Waals surface area contributed by atoms with E-state index in [0.29, 0.717) is 12.1 Å². The summed E-state index contributed by atoms with van der Waals surface area (Å²) in [7, 11) is -2.17. The molecule has 2 aliphatic rings. The van der Waals surface area contributed by atoms with Crippen molar-refractivity contribution in [3.63, 3.8) is 0 Å². The number of hydrogen-bond acceptors (Lipinski definition) is 6. The molecule has 9 heteroatoms. The molecule has 35 heavy (non-hydrogen) atoms. The minimum absolute atomic E-state index is 0.0257. The Hall–Kier alpha value is -2.93. The van der Waals surface area contributed by atoms with Gasteiger partial charge in [-0.1, -0.05) is 18.8 Å². The Balaban J connectivity index is 1.72. The van der Waals surface area contributed by atoms with Crippen LogP contribution in [0.3, 0.4) is 0 Å². The molecule has 1 N–H and O–H groups in total. The number of nitrogens with zero attached hydrogens (tertiary/aromatic N) is 3. The summed E-state index contributed by atoms with van der Waals surface area (Å²) in [5, 5.41) is 9.78. The second kappa shape index (κ2) is 10.4. The Kier molecular flexibility index (Phi) is 7.45. The second-order valence-electron chi connectivity index (χ2n) is 9.39. The molecule has 1 fully saturated rings. The summed E-state index contributed by atoms with van der Waals surface area (Å²) < 4.78 is 34.8. The Bertz CT molecular complexity index is 1230. The largest absolute Gasteiger partial charge is 0.487 e. The van der Waals surface area contributed by atoms with Crippen LogP contribution in [-0.4, -0.2) is 72.5 Å². The van der Waals surface area contributed by atoms with Gasteiger partial charge in [-0.2, -0.15) is 4.31 Å². The first-order valence-electron chi connectivity index (χ1n) is 11.8. The molecule has 0 unspecified atom stereocenters. The summed E-state index contributed by atoms with van der Waals surface area (Å²) in [4.78, 5) is 18.3. The highest BCUT2D eigenvalue weighted by Crippen LogP contribution is 2.35. The fraction of sp³-hybridized carbons (Fsp3) is 0.462. The maximum absolute atomic E-state index is 13.6. The third-order valence-corrected chi connectivity index (χ3v) is 8.46. The van der Waals surface area contributed by atoms with Gasteiger partial charge in [0.2, 0.25) is 15.9 Å². The molecule has 1 aromatic heterocycles. The van der Waals surface area contributed by atoms with E-state index in [9.17, 15) is 18.3 Å². The minimum atomic E-state index is -3.93. The Morgan fingerprint density at radius 1 is 1.29 bits per heavy atom. The van der Waals surface area contributed by atoms with E-state index < -0.39 is 22.2 Å². The van der Waals surface area contributed by atoms with Gasteiger partial charge in [0.05, 0.1) is 13.2 Å². The van der Waals surface area contributed by atoms with Crippen LogP contribution in [0.1, 0.15) is 37.8 Å². The molecule has 186 valence electrons. The average molecular weight is 498 g/mol. The standard InChI is InChI=1S/C26H31N3O5S/c1-18-15-29(19(2)17-30)35(32,33)25-11-8-20(6-7-21-5-4-12-27-14-21)13-23(25)34-24(18)16-28(3)26(31)22-9-10-22/h4-5,8,11-14,18-19,22,24,30H,9-10,15-17H2,1-3H3/t18-,19-,24-/m0/s1. The Labute approximate surface area is 207 Å². The molecule has 1 aliphatic heterocycles. The molecule has 2 aromatic rings. The molecule has 1 aromatic carbocycles. The number of amides is 1. The van der Waals surface area contributed by atoms with Crippen molar-refractivity contribution in [1.29, 1.82) is 0 Å². The Morgan fingerprint density at radius 3 is 2.69 bits per heavy atom. The van der Waals surface area contributed by atoms with Gasteiger partial charge in [-0.05, 0) is 50.1 Å². The van der Waals surface area contributed by atoms with E-state index in [1.54, 1.807) is 49.5 Å². The fourth-order valence-corrected chi connectivity index (χ4v) is 5.93. The van der Waals surface area contributed by atoms with Gasteiger partial charge in [0.15, 0.2) is 0 Å². The van der Waals surface area contributed by atoms with Crippen molar-refractivity contribution in [3.8, 4) is 17.6 Å².